The third kappa shape index (κ3) is 1.72. The average molecular weight is 139 g/mol. The highest BCUT2D eigenvalue weighted by atomic mass is 14.9. The molecule has 0 radical (unpaired) electrons. The van der Waals surface area contributed by atoms with Crippen LogP contribution in [0.5, 0.6) is 0 Å². The van der Waals surface area contributed by atoms with Crippen LogP contribution in [0.2, 0.25) is 0 Å². The van der Waals surface area contributed by atoms with Gasteiger partial charge in [0.1, 0.15) is 0 Å². The minimum absolute atomic E-state index is 0.890. The molecule has 2 rings (SSSR count). The molecule has 1 nitrogen and oxygen atoms in total. The Morgan fingerprint density at radius 2 is 2.00 bits per heavy atom. The zero-order valence-corrected chi connectivity index (χ0v) is 6.60. The monoisotopic (exact) mass is 139 g/mol. The second-order valence-corrected chi connectivity index (χ2v) is 3.83. The van der Waals surface area contributed by atoms with Crippen molar-refractivity contribution in [3.63, 3.8) is 0 Å². The van der Waals surface area contributed by atoms with Crippen LogP contribution in [0.1, 0.15) is 38.5 Å². The van der Waals surface area contributed by atoms with Crippen LogP contribution in [-0.2, 0) is 0 Å². The van der Waals surface area contributed by atoms with E-state index >= 15 is 0 Å². The molecule has 58 valence electrons. The smallest absolute Gasteiger partial charge is 0.00697 e. The Morgan fingerprint density at radius 3 is 2.60 bits per heavy atom. The molecule has 1 atom stereocenters. The third-order valence-corrected chi connectivity index (χ3v) is 2.73. The fourth-order valence-electron chi connectivity index (χ4n) is 1.88. The lowest BCUT2D eigenvalue weighted by Crippen LogP contribution is -2.34. The van der Waals surface area contributed by atoms with E-state index in [0.29, 0.717) is 0 Å². The highest BCUT2D eigenvalue weighted by Gasteiger charge is 2.25. The zero-order valence-electron chi connectivity index (χ0n) is 6.60. The summed E-state index contributed by atoms with van der Waals surface area (Å²) < 4.78 is 0. The highest BCUT2D eigenvalue weighted by molar-refractivity contribution is 4.81. The van der Waals surface area contributed by atoms with Crippen LogP contribution < -0.4 is 5.32 Å². The van der Waals surface area contributed by atoms with Gasteiger partial charge in [-0.1, -0.05) is 19.3 Å². The molecule has 2 fully saturated rings. The molecule has 0 spiro atoms. The fourth-order valence-corrected chi connectivity index (χ4v) is 1.88. The van der Waals surface area contributed by atoms with Gasteiger partial charge in [-0.05, 0) is 31.7 Å². The second-order valence-electron chi connectivity index (χ2n) is 3.83. The molecular formula is C9H17N. The first-order valence-electron chi connectivity index (χ1n) is 4.68. The largest absolute Gasteiger partial charge is 0.314 e. The summed E-state index contributed by atoms with van der Waals surface area (Å²) in [6.07, 6.45) is 8.80. The second kappa shape index (κ2) is 2.91. The molecule has 1 unspecified atom stereocenters. The van der Waals surface area contributed by atoms with Crippen LogP contribution in [-0.4, -0.2) is 12.6 Å². The van der Waals surface area contributed by atoms with Crippen molar-refractivity contribution in [3.05, 3.63) is 0 Å². The summed E-state index contributed by atoms with van der Waals surface area (Å²) >= 11 is 0. The average Bonchev–Trinajstić information content (AvgIpc) is 2.74. The van der Waals surface area contributed by atoms with E-state index in [4.69, 9.17) is 0 Å². The number of hydrogen-bond acceptors (Lipinski definition) is 1. The van der Waals surface area contributed by atoms with E-state index in [9.17, 15) is 0 Å². The summed E-state index contributed by atoms with van der Waals surface area (Å²) in [5.74, 6) is 1.11. The van der Waals surface area contributed by atoms with Gasteiger partial charge in [-0.15, -0.1) is 0 Å². The number of rotatable bonds is 2. The molecule has 2 aliphatic rings. The van der Waals surface area contributed by atoms with Gasteiger partial charge in [-0.2, -0.15) is 0 Å². The van der Waals surface area contributed by atoms with E-state index in [2.05, 4.69) is 5.32 Å². The summed E-state index contributed by atoms with van der Waals surface area (Å²) in [5, 5.41) is 3.59. The Labute approximate surface area is 63.2 Å². The van der Waals surface area contributed by atoms with Gasteiger partial charge in [0, 0.05) is 6.04 Å². The Hall–Kier alpha value is -0.0400. The SMILES string of the molecule is C1CCC(CC2CC2)NC1. The molecule has 0 amide bonds. The molecular weight excluding hydrogens is 122 g/mol. The van der Waals surface area contributed by atoms with Crippen molar-refractivity contribution in [2.24, 2.45) is 5.92 Å². The van der Waals surface area contributed by atoms with Crippen molar-refractivity contribution >= 4 is 0 Å². The lowest BCUT2D eigenvalue weighted by atomic mass is 10.00. The van der Waals surface area contributed by atoms with Crippen molar-refractivity contribution in [3.8, 4) is 0 Å². The van der Waals surface area contributed by atoms with Gasteiger partial charge in [0.05, 0.1) is 0 Å². The summed E-state index contributed by atoms with van der Waals surface area (Å²) in [5.41, 5.74) is 0. The van der Waals surface area contributed by atoms with E-state index in [1.807, 2.05) is 0 Å². The predicted octanol–water partition coefficient (Wildman–Crippen LogP) is 1.93. The van der Waals surface area contributed by atoms with Gasteiger partial charge in [0.25, 0.3) is 0 Å². The molecule has 10 heavy (non-hydrogen) atoms. The van der Waals surface area contributed by atoms with Gasteiger partial charge in [0.15, 0.2) is 0 Å². The number of nitrogens with one attached hydrogen (secondary N) is 1. The van der Waals surface area contributed by atoms with Gasteiger partial charge in [-0.3, -0.25) is 0 Å². The molecule has 0 aromatic heterocycles. The molecule has 1 aliphatic heterocycles. The highest BCUT2D eigenvalue weighted by Crippen LogP contribution is 2.34. The first-order valence-corrected chi connectivity index (χ1v) is 4.68. The Bertz CT molecular complexity index is 101. The van der Waals surface area contributed by atoms with Gasteiger partial charge >= 0.3 is 0 Å². The van der Waals surface area contributed by atoms with Crippen LogP contribution in [0, 0.1) is 5.92 Å². The van der Waals surface area contributed by atoms with Crippen molar-refractivity contribution < 1.29 is 0 Å². The van der Waals surface area contributed by atoms with E-state index in [1.54, 1.807) is 0 Å². The summed E-state index contributed by atoms with van der Waals surface area (Å²) in [4.78, 5) is 0. The maximum Gasteiger partial charge on any atom is 0.00697 e. The Balaban J connectivity index is 1.69. The van der Waals surface area contributed by atoms with Crippen molar-refractivity contribution in [1.82, 2.24) is 5.32 Å². The lowest BCUT2D eigenvalue weighted by Gasteiger charge is -2.22. The molecule has 0 aromatic rings. The van der Waals surface area contributed by atoms with Gasteiger partial charge < -0.3 is 5.32 Å². The van der Waals surface area contributed by atoms with Crippen LogP contribution >= 0.6 is 0 Å². The molecule has 1 heteroatoms. The van der Waals surface area contributed by atoms with E-state index < -0.39 is 0 Å². The summed E-state index contributed by atoms with van der Waals surface area (Å²) in [6, 6.07) is 0.890. The topological polar surface area (TPSA) is 12.0 Å². The zero-order chi connectivity index (χ0) is 6.81. The minimum atomic E-state index is 0.890. The summed E-state index contributed by atoms with van der Waals surface area (Å²) in [7, 11) is 0. The molecule has 1 saturated carbocycles. The molecule has 1 heterocycles. The maximum absolute atomic E-state index is 3.59. The normalized spacial score (nSPS) is 34.2. The minimum Gasteiger partial charge on any atom is -0.314 e. The van der Waals surface area contributed by atoms with Crippen LogP contribution in [0.4, 0.5) is 0 Å². The molecule has 0 aromatic carbocycles. The quantitative estimate of drug-likeness (QED) is 0.616. The number of hydrogen-bond donors (Lipinski definition) is 1. The predicted molar refractivity (Wildman–Crippen MR) is 43.0 cm³/mol. The number of piperidine rings is 1. The third-order valence-electron chi connectivity index (χ3n) is 2.73. The van der Waals surface area contributed by atoms with E-state index in [0.717, 1.165) is 12.0 Å². The van der Waals surface area contributed by atoms with E-state index in [-0.39, 0.29) is 0 Å². The van der Waals surface area contributed by atoms with Crippen LogP contribution in [0.15, 0.2) is 0 Å². The van der Waals surface area contributed by atoms with Crippen molar-refractivity contribution in [2.75, 3.05) is 6.54 Å². The first-order chi connectivity index (χ1) is 4.95. The molecule has 1 saturated heterocycles. The standard InChI is InChI=1S/C9H17N/c1-2-6-10-9(3-1)7-8-4-5-8/h8-10H,1-7H2. The van der Waals surface area contributed by atoms with Crippen molar-refractivity contribution in [2.45, 2.75) is 44.6 Å². The lowest BCUT2D eigenvalue weighted by molar-refractivity contribution is 0.369. The van der Waals surface area contributed by atoms with Crippen molar-refractivity contribution in [1.29, 1.82) is 0 Å². The summed E-state index contributed by atoms with van der Waals surface area (Å²) in [6.45, 7) is 1.28. The fraction of sp³-hybridized carbons (Fsp3) is 1.00. The van der Waals surface area contributed by atoms with Gasteiger partial charge in [0.2, 0.25) is 0 Å². The Morgan fingerprint density at radius 1 is 1.10 bits per heavy atom. The van der Waals surface area contributed by atoms with Crippen LogP contribution in [0.3, 0.4) is 0 Å². The van der Waals surface area contributed by atoms with Crippen LogP contribution in [0.25, 0.3) is 0 Å². The maximum atomic E-state index is 3.59. The molecule has 1 N–H and O–H groups in total. The first kappa shape index (κ1) is 6.66. The molecule has 0 bridgehead atoms. The van der Waals surface area contributed by atoms with E-state index in [1.165, 1.54) is 45.1 Å². The van der Waals surface area contributed by atoms with Gasteiger partial charge in [-0.25, -0.2) is 0 Å². The Kier molecular flexibility index (Phi) is 1.94. The molecule has 1 aliphatic carbocycles.